The number of nitrogens with zero attached hydrogens (tertiary/aromatic N) is 1. The molecule has 3 rings (SSSR count). The second-order valence-electron chi connectivity index (χ2n) is 6.86. The summed E-state index contributed by atoms with van der Waals surface area (Å²) >= 11 is 0. The summed E-state index contributed by atoms with van der Waals surface area (Å²) in [5, 5.41) is 6.11. The molecule has 1 amide bonds. The van der Waals surface area contributed by atoms with Gasteiger partial charge in [0.25, 0.3) is 5.91 Å². The summed E-state index contributed by atoms with van der Waals surface area (Å²) in [6.07, 6.45) is 5.78. The van der Waals surface area contributed by atoms with E-state index in [1.54, 1.807) is 25.5 Å². The number of ether oxygens (including phenoxy) is 3. The minimum atomic E-state index is -0.396. The average Bonchev–Trinajstić information content (AvgIpc) is 2.82. The van der Waals surface area contributed by atoms with Crippen LogP contribution in [0, 0.1) is 0 Å². The summed E-state index contributed by atoms with van der Waals surface area (Å²) in [5.41, 5.74) is 4.31. The summed E-state index contributed by atoms with van der Waals surface area (Å²) < 4.78 is 16.7. The van der Waals surface area contributed by atoms with Crippen LogP contribution in [0.1, 0.15) is 11.1 Å². The number of nitrogens with one attached hydrogen (secondary N) is 1. The molecule has 0 aromatic heterocycles. The van der Waals surface area contributed by atoms with Gasteiger partial charge in [-0.15, -0.1) is 6.58 Å². The lowest BCUT2D eigenvalue weighted by Gasteiger charge is -2.11. The third-order valence-electron chi connectivity index (χ3n) is 4.64. The third-order valence-corrected chi connectivity index (χ3v) is 4.64. The Hall–Kier alpha value is -4.06. The van der Waals surface area contributed by atoms with Gasteiger partial charge in [-0.25, -0.2) is 5.43 Å². The zero-order valence-electron chi connectivity index (χ0n) is 18.0. The standard InChI is InChI=1S/C26H26N2O4/c1-4-8-19-11-13-24(25(16-19)30-3)32-18-26(29)28-27-17-22-21-10-7-6-9-20(21)12-14-23(22)31-15-5-2/h4-7,9-14,16-17H,1-2,8,15,18H2,3H3,(H,28,29)/b27-17+. The number of methoxy groups -OCH3 is 1. The van der Waals surface area contributed by atoms with E-state index in [1.807, 2.05) is 54.6 Å². The number of hydrazone groups is 1. The Morgan fingerprint density at radius 3 is 2.59 bits per heavy atom. The van der Waals surface area contributed by atoms with Crippen molar-refractivity contribution >= 4 is 22.9 Å². The molecule has 0 aliphatic carbocycles. The molecule has 0 aliphatic heterocycles. The molecule has 0 heterocycles. The highest BCUT2D eigenvalue weighted by Gasteiger charge is 2.09. The number of fused-ring (bicyclic) bond motifs is 1. The fourth-order valence-electron chi connectivity index (χ4n) is 3.15. The molecule has 0 aliphatic rings. The number of carbonyl (C=O) groups excluding carboxylic acids is 1. The molecular weight excluding hydrogens is 404 g/mol. The summed E-state index contributed by atoms with van der Waals surface area (Å²) in [5.74, 6) is 1.29. The molecule has 6 nitrogen and oxygen atoms in total. The quantitative estimate of drug-likeness (QED) is 0.273. The Balaban J connectivity index is 1.67. The van der Waals surface area contributed by atoms with Crippen LogP contribution in [-0.4, -0.2) is 32.4 Å². The number of hydrogen-bond donors (Lipinski definition) is 1. The monoisotopic (exact) mass is 430 g/mol. The summed E-state index contributed by atoms with van der Waals surface area (Å²) in [4.78, 5) is 12.2. The number of allylic oxidation sites excluding steroid dienone is 1. The van der Waals surface area contributed by atoms with Crippen LogP contribution in [0.5, 0.6) is 17.2 Å². The maximum absolute atomic E-state index is 12.2. The maximum atomic E-state index is 12.2. The SMILES string of the molecule is C=CCOc1ccc2ccccc2c1/C=N/NC(=O)COc1ccc(CC=C)cc1OC. The van der Waals surface area contributed by atoms with E-state index in [-0.39, 0.29) is 6.61 Å². The fraction of sp³-hybridized carbons (Fsp3) is 0.154. The lowest BCUT2D eigenvalue weighted by molar-refractivity contribution is -0.123. The first kappa shape index (κ1) is 22.6. The first-order valence-corrected chi connectivity index (χ1v) is 10.1. The van der Waals surface area contributed by atoms with Crippen LogP contribution in [0.2, 0.25) is 0 Å². The highest BCUT2D eigenvalue weighted by molar-refractivity contribution is 6.02. The molecule has 0 atom stereocenters. The second kappa shape index (κ2) is 11.4. The number of benzene rings is 3. The molecule has 0 fully saturated rings. The summed E-state index contributed by atoms with van der Waals surface area (Å²) in [6.45, 7) is 7.58. The maximum Gasteiger partial charge on any atom is 0.277 e. The van der Waals surface area contributed by atoms with Crippen LogP contribution in [-0.2, 0) is 11.2 Å². The van der Waals surface area contributed by atoms with Gasteiger partial charge in [-0.05, 0) is 41.0 Å². The van der Waals surface area contributed by atoms with E-state index in [4.69, 9.17) is 14.2 Å². The minimum absolute atomic E-state index is 0.205. The Bertz CT molecular complexity index is 1140. The van der Waals surface area contributed by atoms with E-state index in [1.165, 1.54) is 0 Å². The molecule has 3 aromatic carbocycles. The first-order chi connectivity index (χ1) is 15.7. The number of rotatable bonds is 11. The largest absolute Gasteiger partial charge is 0.493 e. The number of hydrogen-bond acceptors (Lipinski definition) is 5. The minimum Gasteiger partial charge on any atom is -0.493 e. The van der Waals surface area contributed by atoms with Gasteiger partial charge in [0.05, 0.1) is 13.3 Å². The second-order valence-corrected chi connectivity index (χ2v) is 6.86. The fourth-order valence-corrected chi connectivity index (χ4v) is 3.15. The topological polar surface area (TPSA) is 69.2 Å². The van der Waals surface area contributed by atoms with Crippen molar-refractivity contribution < 1.29 is 19.0 Å². The van der Waals surface area contributed by atoms with Crippen molar-refractivity contribution in [1.82, 2.24) is 5.43 Å². The van der Waals surface area contributed by atoms with Crippen molar-refractivity contribution in [3.05, 3.63) is 91.0 Å². The van der Waals surface area contributed by atoms with Gasteiger partial charge in [0.2, 0.25) is 0 Å². The normalized spacial score (nSPS) is 10.7. The number of carbonyl (C=O) groups is 1. The highest BCUT2D eigenvalue weighted by Crippen LogP contribution is 2.28. The van der Waals surface area contributed by atoms with Gasteiger partial charge in [0, 0.05) is 5.56 Å². The Morgan fingerprint density at radius 2 is 1.81 bits per heavy atom. The van der Waals surface area contributed by atoms with Crippen molar-refractivity contribution in [3.63, 3.8) is 0 Å². The Labute approximate surface area is 187 Å². The van der Waals surface area contributed by atoms with Gasteiger partial charge in [0.15, 0.2) is 18.1 Å². The van der Waals surface area contributed by atoms with Crippen molar-refractivity contribution in [3.8, 4) is 17.2 Å². The Morgan fingerprint density at radius 1 is 1.00 bits per heavy atom. The van der Waals surface area contributed by atoms with Gasteiger partial charge in [-0.3, -0.25) is 4.79 Å². The Kier molecular flexibility index (Phi) is 8.03. The zero-order chi connectivity index (χ0) is 22.8. The lowest BCUT2D eigenvalue weighted by Crippen LogP contribution is -2.24. The summed E-state index contributed by atoms with van der Waals surface area (Å²) in [7, 11) is 1.56. The van der Waals surface area contributed by atoms with E-state index in [0.29, 0.717) is 23.9 Å². The van der Waals surface area contributed by atoms with Crippen molar-refractivity contribution in [2.24, 2.45) is 5.10 Å². The van der Waals surface area contributed by atoms with E-state index >= 15 is 0 Å². The van der Waals surface area contributed by atoms with Gasteiger partial charge < -0.3 is 14.2 Å². The molecule has 0 saturated heterocycles. The van der Waals surface area contributed by atoms with Crippen LogP contribution in [0.25, 0.3) is 10.8 Å². The first-order valence-electron chi connectivity index (χ1n) is 10.1. The predicted molar refractivity (Wildman–Crippen MR) is 128 cm³/mol. The number of amides is 1. The smallest absolute Gasteiger partial charge is 0.277 e. The lowest BCUT2D eigenvalue weighted by atomic mass is 10.0. The van der Waals surface area contributed by atoms with Gasteiger partial charge >= 0.3 is 0 Å². The molecule has 0 saturated carbocycles. The van der Waals surface area contributed by atoms with Gasteiger partial charge in [-0.1, -0.05) is 55.1 Å². The third kappa shape index (κ3) is 5.76. The van der Waals surface area contributed by atoms with Crippen LogP contribution >= 0.6 is 0 Å². The summed E-state index contributed by atoms with van der Waals surface area (Å²) in [6, 6.07) is 17.3. The van der Waals surface area contributed by atoms with E-state index in [2.05, 4.69) is 23.7 Å². The molecule has 6 heteroatoms. The van der Waals surface area contributed by atoms with Crippen molar-refractivity contribution in [1.29, 1.82) is 0 Å². The molecule has 0 unspecified atom stereocenters. The molecule has 32 heavy (non-hydrogen) atoms. The average molecular weight is 431 g/mol. The van der Waals surface area contributed by atoms with Crippen molar-refractivity contribution in [2.75, 3.05) is 20.3 Å². The van der Waals surface area contributed by atoms with Crippen LogP contribution in [0.15, 0.2) is 85.0 Å². The van der Waals surface area contributed by atoms with Crippen molar-refractivity contribution in [2.45, 2.75) is 6.42 Å². The van der Waals surface area contributed by atoms with Crippen LogP contribution < -0.4 is 19.6 Å². The predicted octanol–water partition coefficient (Wildman–Crippen LogP) is 4.67. The van der Waals surface area contributed by atoms with Gasteiger partial charge in [-0.2, -0.15) is 5.10 Å². The highest BCUT2D eigenvalue weighted by atomic mass is 16.5. The van der Waals surface area contributed by atoms with Gasteiger partial charge in [0.1, 0.15) is 12.4 Å². The molecule has 0 spiro atoms. The molecular formula is C26H26N2O4. The van der Waals surface area contributed by atoms with Crippen LogP contribution in [0.4, 0.5) is 0 Å². The van der Waals surface area contributed by atoms with Crippen LogP contribution in [0.3, 0.4) is 0 Å². The van der Waals surface area contributed by atoms with E-state index < -0.39 is 5.91 Å². The molecule has 0 bridgehead atoms. The van der Waals surface area contributed by atoms with E-state index in [0.717, 1.165) is 28.3 Å². The molecule has 1 N–H and O–H groups in total. The molecule has 164 valence electrons. The molecule has 0 radical (unpaired) electrons. The zero-order valence-corrected chi connectivity index (χ0v) is 18.0. The van der Waals surface area contributed by atoms with E-state index in [9.17, 15) is 4.79 Å². The molecule has 3 aromatic rings.